The van der Waals surface area contributed by atoms with Gasteiger partial charge in [-0.3, -0.25) is 4.79 Å². The molecule has 0 saturated heterocycles. The van der Waals surface area contributed by atoms with E-state index in [2.05, 4.69) is 19.6 Å². The van der Waals surface area contributed by atoms with E-state index >= 15 is 0 Å². The fourth-order valence-electron chi connectivity index (χ4n) is 1.86. The van der Waals surface area contributed by atoms with E-state index in [0.717, 1.165) is 24.1 Å². The zero-order chi connectivity index (χ0) is 10.3. The summed E-state index contributed by atoms with van der Waals surface area (Å²) < 4.78 is 0. The van der Waals surface area contributed by atoms with Crippen molar-refractivity contribution in [3.05, 3.63) is 35.5 Å². The first-order chi connectivity index (χ1) is 6.65. The van der Waals surface area contributed by atoms with E-state index in [-0.39, 0.29) is 11.9 Å². The van der Waals surface area contributed by atoms with Crippen LogP contribution in [0, 0.1) is 0 Å². The molecule has 1 amide bonds. The SMILES string of the molecule is C=CC1=C(C)C(=O)N([C@@H](C)C2=CC2)C1. The van der Waals surface area contributed by atoms with E-state index in [0.29, 0.717) is 0 Å². The third-order valence-electron chi connectivity index (χ3n) is 3.09. The summed E-state index contributed by atoms with van der Waals surface area (Å²) in [4.78, 5) is 13.8. The molecule has 74 valence electrons. The molecule has 1 heterocycles. The number of amides is 1. The average Bonchev–Trinajstić information content (AvgIpc) is 2.97. The fraction of sp³-hybridized carbons (Fsp3) is 0.417. The van der Waals surface area contributed by atoms with Crippen LogP contribution in [0.1, 0.15) is 20.3 Å². The maximum Gasteiger partial charge on any atom is 0.250 e. The Morgan fingerprint density at radius 2 is 2.29 bits per heavy atom. The largest absolute Gasteiger partial charge is 0.328 e. The van der Waals surface area contributed by atoms with Gasteiger partial charge in [0.25, 0.3) is 5.91 Å². The third kappa shape index (κ3) is 1.31. The number of carbonyl (C=O) groups is 1. The molecule has 1 aliphatic carbocycles. The molecule has 0 fully saturated rings. The van der Waals surface area contributed by atoms with Gasteiger partial charge in [-0.05, 0) is 31.4 Å². The Labute approximate surface area is 84.6 Å². The topological polar surface area (TPSA) is 20.3 Å². The molecule has 0 radical (unpaired) electrons. The van der Waals surface area contributed by atoms with Crippen molar-refractivity contribution in [2.75, 3.05) is 6.54 Å². The third-order valence-corrected chi connectivity index (χ3v) is 3.09. The van der Waals surface area contributed by atoms with Crippen molar-refractivity contribution in [2.24, 2.45) is 0 Å². The van der Waals surface area contributed by atoms with E-state index in [4.69, 9.17) is 0 Å². The van der Waals surface area contributed by atoms with Crippen LogP contribution in [0.3, 0.4) is 0 Å². The molecule has 0 aromatic carbocycles. The van der Waals surface area contributed by atoms with E-state index in [1.54, 1.807) is 6.08 Å². The van der Waals surface area contributed by atoms with Gasteiger partial charge in [0.2, 0.25) is 0 Å². The normalized spacial score (nSPS) is 22.6. The fourth-order valence-corrected chi connectivity index (χ4v) is 1.86. The molecule has 14 heavy (non-hydrogen) atoms. The first kappa shape index (κ1) is 9.25. The lowest BCUT2D eigenvalue weighted by Crippen LogP contribution is -2.35. The monoisotopic (exact) mass is 189 g/mol. The molecule has 0 bridgehead atoms. The van der Waals surface area contributed by atoms with Gasteiger partial charge < -0.3 is 4.90 Å². The van der Waals surface area contributed by atoms with Crippen LogP contribution in [0.4, 0.5) is 0 Å². The summed E-state index contributed by atoms with van der Waals surface area (Å²) in [6.07, 6.45) is 5.05. The molecule has 2 aliphatic rings. The summed E-state index contributed by atoms with van der Waals surface area (Å²) in [5.41, 5.74) is 3.31. The Bertz CT molecular complexity index is 363. The Morgan fingerprint density at radius 3 is 2.71 bits per heavy atom. The summed E-state index contributed by atoms with van der Waals surface area (Å²) in [5.74, 6) is 0.167. The second-order valence-corrected chi connectivity index (χ2v) is 3.95. The van der Waals surface area contributed by atoms with Crippen LogP contribution >= 0.6 is 0 Å². The molecule has 0 saturated carbocycles. The van der Waals surface area contributed by atoms with Gasteiger partial charge in [0, 0.05) is 12.1 Å². The lowest BCUT2D eigenvalue weighted by molar-refractivity contribution is -0.126. The highest BCUT2D eigenvalue weighted by molar-refractivity contribution is 5.97. The van der Waals surface area contributed by atoms with Crippen molar-refractivity contribution < 1.29 is 4.79 Å². The lowest BCUT2D eigenvalue weighted by atomic mass is 10.2. The summed E-state index contributed by atoms with van der Waals surface area (Å²) in [6.45, 7) is 8.43. The molecule has 1 aliphatic heterocycles. The minimum absolute atomic E-state index is 0.167. The van der Waals surface area contributed by atoms with Crippen molar-refractivity contribution in [2.45, 2.75) is 26.3 Å². The molecular formula is C12H15NO. The van der Waals surface area contributed by atoms with Crippen LogP contribution in [0.25, 0.3) is 0 Å². The van der Waals surface area contributed by atoms with Crippen molar-refractivity contribution in [3.63, 3.8) is 0 Å². The highest BCUT2D eigenvalue weighted by Gasteiger charge is 2.32. The van der Waals surface area contributed by atoms with Gasteiger partial charge in [-0.25, -0.2) is 0 Å². The number of allylic oxidation sites excluding steroid dienone is 1. The first-order valence-corrected chi connectivity index (χ1v) is 4.97. The number of nitrogens with zero attached hydrogens (tertiary/aromatic N) is 1. The molecule has 1 atom stereocenters. The number of hydrogen-bond acceptors (Lipinski definition) is 1. The number of carbonyl (C=O) groups excluding carboxylic acids is 1. The van der Waals surface area contributed by atoms with Crippen molar-refractivity contribution in [1.29, 1.82) is 0 Å². The highest BCUT2D eigenvalue weighted by Crippen LogP contribution is 2.30. The maximum atomic E-state index is 11.8. The van der Waals surface area contributed by atoms with Gasteiger partial charge >= 0.3 is 0 Å². The van der Waals surface area contributed by atoms with Gasteiger partial charge in [-0.1, -0.05) is 18.7 Å². The van der Waals surface area contributed by atoms with Crippen LogP contribution in [-0.2, 0) is 4.79 Å². The van der Waals surface area contributed by atoms with Crippen LogP contribution < -0.4 is 0 Å². The van der Waals surface area contributed by atoms with Crippen LogP contribution in [0.15, 0.2) is 35.5 Å². The predicted octanol–water partition coefficient (Wildman–Crippen LogP) is 2.05. The van der Waals surface area contributed by atoms with Crippen molar-refractivity contribution in [3.8, 4) is 0 Å². The molecule has 0 unspecified atom stereocenters. The average molecular weight is 189 g/mol. The maximum absolute atomic E-state index is 11.8. The van der Waals surface area contributed by atoms with E-state index < -0.39 is 0 Å². The molecule has 0 aromatic rings. The van der Waals surface area contributed by atoms with Crippen molar-refractivity contribution in [1.82, 2.24) is 4.90 Å². The molecular weight excluding hydrogens is 174 g/mol. The zero-order valence-corrected chi connectivity index (χ0v) is 8.71. The molecule has 0 aromatic heterocycles. The Balaban J connectivity index is 2.16. The Morgan fingerprint density at radius 1 is 1.64 bits per heavy atom. The summed E-state index contributed by atoms with van der Waals surface area (Å²) in [5, 5.41) is 0. The smallest absolute Gasteiger partial charge is 0.250 e. The standard InChI is InChI=1S/C12H15NO/c1-4-10-7-13(12(14)8(10)2)9(3)11-5-6-11/h4-5,9H,1,6-7H2,2-3H3/t9-/m0/s1. The van der Waals surface area contributed by atoms with Gasteiger partial charge in [-0.15, -0.1) is 0 Å². The minimum Gasteiger partial charge on any atom is -0.328 e. The van der Waals surface area contributed by atoms with E-state index in [1.165, 1.54) is 5.57 Å². The summed E-state index contributed by atoms with van der Waals surface area (Å²) in [7, 11) is 0. The van der Waals surface area contributed by atoms with Gasteiger partial charge in [-0.2, -0.15) is 0 Å². The Hall–Kier alpha value is -1.31. The Kier molecular flexibility index (Phi) is 2.06. The second kappa shape index (κ2) is 3.12. The summed E-state index contributed by atoms with van der Waals surface area (Å²) >= 11 is 0. The second-order valence-electron chi connectivity index (χ2n) is 3.95. The molecule has 2 heteroatoms. The quantitative estimate of drug-likeness (QED) is 0.622. The predicted molar refractivity (Wildman–Crippen MR) is 56.8 cm³/mol. The van der Waals surface area contributed by atoms with E-state index in [9.17, 15) is 4.79 Å². The molecule has 2 rings (SSSR count). The highest BCUT2D eigenvalue weighted by atomic mass is 16.2. The minimum atomic E-state index is 0.167. The van der Waals surface area contributed by atoms with Gasteiger partial charge in [0.15, 0.2) is 0 Å². The molecule has 0 spiro atoms. The van der Waals surface area contributed by atoms with E-state index in [1.807, 2.05) is 11.8 Å². The van der Waals surface area contributed by atoms with Crippen LogP contribution in [0.2, 0.25) is 0 Å². The summed E-state index contributed by atoms with van der Waals surface area (Å²) in [6, 6.07) is 0.273. The van der Waals surface area contributed by atoms with Crippen molar-refractivity contribution >= 4 is 5.91 Å². The van der Waals surface area contributed by atoms with Gasteiger partial charge in [0.05, 0.1) is 6.04 Å². The first-order valence-electron chi connectivity index (χ1n) is 4.97. The number of rotatable bonds is 3. The zero-order valence-electron chi connectivity index (χ0n) is 8.71. The molecule has 0 N–H and O–H groups in total. The van der Waals surface area contributed by atoms with Crippen LogP contribution in [-0.4, -0.2) is 23.4 Å². The number of hydrogen-bond donors (Lipinski definition) is 0. The molecule has 2 nitrogen and oxygen atoms in total. The van der Waals surface area contributed by atoms with Gasteiger partial charge in [0.1, 0.15) is 0 Å². The van der Waals surface area contributed by atoms with Crippen LogP contribution in [0.5, 0.6) is 0 Å². The lowest BCUT2D eigenvalue weighted by Gasteiger charge is -2.23.